The summed E-state index contributed by atoms with van der Waals surface area (Å²) in [4.78, 5) is 24.9. The minimum atomic E-state index is -0.818. The van der Waals surface area contributed by atoms with Gasteiger partial charge in [-0.15, -0.1) is 0 Å². The molecule has 27 heavy (non-hydrogen) atoms. The third-order valence-corrected chi connectivity index (χ3v) is 4.75. The Labute approximate surface area is 155 Å². The van der Waals surface area contributed by atoms with E-state index in [0.717, 1.165) is 16.5 Å². The molecule has 0 aromatic carbocycles. The average molecular weight is 366 g/mol. The summed E-state index contributed by atoms with van der Waals surface area (Å²) in [5, 5.41) is 7.21. The highest BCUT2D eigenvalue weighted by atomic mass is 19.1. The Morgan fingerprint density at radius 1 is 1.30 bits per heavy atom. The van der Waals surface area contributed by atoms with Crippen LogP contribution in [0.5, 0.6) is 0 Å². The van der Waals surface area contributed by atoms with Gasteiger partial charge in [-0.2, -0.15) is 0 Å². The predicted octanol–water partition coefficient (Wildman–Crippen LogP) is 2.46. The second-order valence-electron chi connectivity index (χ2n) is 6.62. The van der Waals surface area contributed by atoms with Gasteiger partial charge in [0.15, 0.2) is 0 Å². The minimum absolute atomic E-state index is 0.177. The molecule has 3 aromatic rings. The molecular formula is C19H19FN6O. The quantitative estimate of drug-likeness (QED) is 0.655. The second-order valence-corrected chi connectivity index (χ2v) is 6.62. The highest BCUT2D eigenvalue weighted by Gasteiger charge is 2.37. The maximum atomic E-state index is 13.1. The van der Waals surface area contributed by atoms with Gasteiger partial charge < -0.3 is 16.4 Å². The summed E-state index contributed by atoms with van der Waals surface area (Å²) in [6, 6.07) is 3.52. The third kappa shape index (κ3) is 3.14. The number of rotatable bonds is 4. The average Bonchev–Trinajstić information content (AvgIpc) is 3.35. The van der Waals surface area contributed by atoms with Gasteiger partial charge in [0, 0.05) is 43.0 Å². The summed E-state index contributed by atoms with van der Waals surface area (Å²) in [6.45, 7) is 1.84. The van der Waals surface area contributed by atoms with Crippen molar-refractivity contribution in [2.45, 2.75) is 25.6 Å². The van der Waals surface area contributed by atoms with E-state index in [0.29, 0.717) is 34.7 Å². The van der Waals surface area contributed by atoms with Gasteiger partial charge in [-0.1, -0.05) is 0 Å². The summed E-state index contributed by atoms with van der Waals surface area (Å²) in [6.07, 6.45) is 4.50. The van der Waals surface area contributed by atoms with Crippen molar-refractivity contribution in [3.8, 4) is 11.3 Å². The van der Waals surface area contributed by atoms with Crippen LogP contribution in [0.15, 0.2) is 30.7 Å². The fourth-order valence-corrected chi connectivity index (χ4v) is 3.04. The first kappa shape index (κ1) is 17.1. The topological polar surface area (TPSA) is 106 Å². The molecule has 7 nitrogen and oxygen atoms in total. The van der Waals surface area contributed by atoms with E-state index in [-0.39, 0.29) is 11.9 Å². The van der Waals surface area contributed by atoms with Crippen LogP contribution in [0.2, 0.25) is 0 Å². The standard InChI is InChI=1S/C19H19FN6O/c1-9-11(6-23-7-12(9)19(27)22-2)15-3-10-4-17(25-16-5-14(16)20)24-8-13(10)18(21)26-15/h3-4,6-8,14,16H,5H2,1-2H3,(H2,21,26)(H,22,27)(H,24,25). The largest absolute Gasteiger partial charge is 0.383 e. The van der Waals surface area contributed by atoms with Gasteiger partial charge in [0.2, 0.25) is 0 Å². The molecule has 8 heteroatoms. The molecule has 1 amide bonds. The Kier molecular flexibility index (Phi) is 4.10. The van der Waals surface area contributed by atoms with Crippen molar-refractivity contribution >= 4 is 28.3 Å². The fraction of sp³-hybridized carbons (Fsp3) is 0.263. The first-order chi connectivity index (χ1) is 13.0. The van der Waals surface area contributed by atoms with Crippen LogP contribution >= 0.6 is 0 Å². The van der Waals surface area contributed by atoms with Crippen LogP contribution in [-0.4, -0.2) is 40.1 Å². The molecule has 3 heterocycles. The number of amides is 1. The van der Waals surface area contributed by atoms with E-state index < -0.39 is 6.17 Å². The molecule has 1 saturated carbocycles. The van der Waals surface area contributed by atoms with E-state index in [1.54, 1.807) is 19.4 Å². The van der Waals surface area contributed by atoms with Crippen LogP contribution in [-0.2, 0) is 0 Å². The maximum Gasteiger partial charge on any atom is 0.252 e. The Bertz CT molecular complexity index is 1050. The van der Waals surface area contributed by atoms with Crippen LogP contribution in [0.4, 0.5) is 16.0 Å². The predicted molar refractivity (Wildman–Crippen MR) is 102 cm³/mol. The lowest BCUT2D eigenvalue weighted by Crippen LogP contribution is -2.19. The summed E-state index contributed by atoms with van der Waals surface area (Å²) in [5.41, 5.74) is 8.71. The van der Waals surface area contributed by atoms with Gasteiger partial charge in [-0.3, -0.25) is 9.78 Å². The minimum Gasteiger partial charge on any atom is -0.383 e. The molecule has 0 radical (unpaired) electrons. The van der Waals surface area contributed by atoms with Crippen molar-refractivity contribution in [2.24, 2.45) is 0 Å². The van der Waals surface area contributed by atoms with E-state index in [9.17, 15) is 9.18 Å². The van der Waals surface area contributed by atoms with Crippen LogP contribution in [0, 0.1) is 6.92 Å². The van der Waals surface area contributed by atoms with Gasteiger partial charge in [-0.05, 0) is 30.0 Å². The Balaban J connectivity index is 1.79. The van der Waals surface area contributed by atoms with Crippen LogP contribution < -0.4 is 16.4 Å². The molecule has 138 valence electrons. The Hall–Kier alpha value is -3.29. The number of hydrogen-bond acceptors (Lipinski definition) is 6. The van der Waals surface area contributed by atoms with Crippen LogP contribution in [0.3, 0.4) is 0 Å². The van der Waals surface area contributed by atoms with Crippen molar-refractivity contribution in [1.29, 1.82) is 0 Å². The van der Waals surface area contributed by atoms with Crippen molar-refractivity contribution < 1.29 is 9.18 Å². The first-order valence-corrected chi connectivity index (χ1v) is 8.62. The number of hydrogen-bond donors (Lipinski definition) is 3. The zero-order valence-corrected chi connectivity index (χ0v) is 15.0. The second kappa shape index (κ2) is 6.46. The number of nitrogens with two attached hydrogens (primary N) is 1. The molecule has 4 N–H and O–H groups in total. The molecule has 1 aliphatic rings. The number of nitrogens with one attached hydrogen (secondary N) is 2. The van der Waals surface area contributed by atoms with E-state index >= 15 is 0 Å². The number of nitrogens with zero attached hydrogens (tertiary/aromatic N) is 3. The van der Waals surface area contributed by atoms with E-state index in [4.69, 9.17) is 5.73 Å². The van der Waals surface area contributed by atoms with E-state index in [2.05, 4.69) is 25.6 Å². The third-order valence-electron chi connectivity index (χ3n) is 4.75. The fourth-order valence-electron chi connectivity index (χ4n) is 3.04. The number of pyridine rings is 3. The number of aromatic nitrogens is 3. The van der Waals surface area contributed by atoms with Crippen molar-refractivity contribution in [2.75, 3.05) is 18.1 Å². The lowest BCUT2D eigenvalue weighted by Gasteiger charge is -2.12. The summed E-state index contributed by atoms with van der Waals surface area (Å²) < 4.78 is 13.1. The number of halogens is 1. The smallest absolute Gasteiger partial charge is 0.252 e. The number of anilines is 2. The molecule has 0 saturated heterocycles. The zero-order valence-electron chi connectivity index (χ0n) is 15.0. The number of carbonyl (C=O) groups is 1. The number of nitrogen functional groups attached to an aromatic ring is 1. The SMILES string of the molecule is CNC(=O)c1cncc(-c2cc3cc(NC4CC4F)ncc3c(N)n2)c1C. The molecule has 0 spiro atoms. The van der Waals surface area contributed by atoms with Gasteiger partial charge in [0.05, 0.1) is 17.3 Å². The Morgan fingerprint density at radius 3 is 2.78 bits per heavy atom. The number of alkyl halides is 1. The normalized spacial score (nSPS) is 18.3. The molecule has 1 fully saturated rings. The lowest BCUT2D eigenvalue weighted by atomic mass is 10.0. The molecule has 4 rings (SSSR count). The Morgan fingerprint density at radius 2 is 2.07 bits per heavy atom. The molecule has 3 aromatic heterocycles. The molecular weight excluding hydrogens is 347 g/mol. The molecule has 2 unspecified atom stereocenters. The van der Waals surface area contributed by atoms with Gasteiger partial charge in [-0.25, -0.2) is 14.4 Å². The highest BCUT2D eigenvalue weighted by Crippen LogP contribution is 2.32. The monoisotopic (exact) mass is 366 g/mol. The van der Waals surface area contributed by atoms with Crippen LogP contribution in [0.25, 0.3) is 22.0 Å². The van der Waals surface area contributed by atoms with Crippen molar-refractivity contribution in [3.63, 3.8) is 0 Å². The maximum absolute atomic E-state index is 13.1. The molecule has 2 atom stereocenters. The molecule has 0 bridgehead atoms. The van der Waals surface area contributed by atoms with Gasteiger partial charge >= 0.3 is 0 Å². The summed E-state index contributed by atoms with van der Waals surface area (Å²) >= 11 is 0. The van der Waals surface area contributed by atoms with Gasteiger partial charge in [0.25, 0.3) is 5.91 Å². The van der Waals surface area contributed by atoms with Crippen molar-refractivity contribution in [1.82, 2.24) is 20.3 Å². The molecule has 1 aliphatic carbocycles. The first-order valence-electron chi connectivity index (χ1n) is 8.62. The zero-order chi connectivity index (χ0) is 19.1. The summed E-state index contributed by atoms with van der Waals surface area (Å²) in [7, 11) is 1.57. The number of carbonyl (C=O) groups excluding carboxylic acids is 1. The highest BCUT2D eigenvalue weighted by molar-refractivity contribution is 5.98. The lowest BCUT2D eigenvalue weighted by molar-refractivity contribution is 0.0962. The van der Waals surface area contributed by atoms with Crippen molar-refractivity contribution in [3.05, 3.63) is 41.9 Å². The van der Waals surface area contributed by atoms with E-state index in [1.165, 1.54) is 6.20 Å². The summed E-state index contributed by atoms with van der Waals surface area (Å²) in [5.74, 6) is 0.718. The van der Waals surface area contributed by atoms with Crippen LogP contribution in [0.1, 0.15) is 22.3 Å². The number of fused-ring (bicyclic) bond motifs is 1. The van der Waals surface area contributed by atoms with Gasteiger partial charge in [0.1, 0.15) is 17.8 Å². The molecule has 0 aliphatic heterocycles. The van der Waals surface area contributed by atoms with E-state index in [1.807, 2.05) is 19.1 Å².